The molecule has 0 amide bonds. The molecular weight excluding hydrogens is 591 g/mol. The Kier molecular flexibility index (Phi) is 7.22. The van der Waals surface area contributed by atoms with E-state index in [9.17, 15) is 0 Å². The first-order chi connectivity index (χ1) is 24.3. The van der Waals surface area contributed by atoms with E-state index in [4.69, 9.17) is 0 Å². The maximum Gasteiger partial charge on any atom is 0.0541 e. The van der Waals surface area contributed by atoms with E-state index in [1.807, 2.05) is 0 Å². The van der Waals surface area contributed by atoms with Crippen molar-refractivity contribution in [2.75, 3.05) is 0 Å². The van der Waals surface area contributed by atoms with Gasteiger partial charge in [-0.05, 0) is 92.0 Å². The SMILES string of the molecule is c1ccc(-c2ccc(-c3ccc4c(c3)c3cc(-c5ccc(-c6ccccc6)cc5)ccc3n4-c3ccc(-c4ccccc4)cc3)cc2)cc1. The minimum Gasteiger partial charge on any atom is -0.309 e. The lowest BCUT2D eigenvalue weighted by molar-refractivity contribution is 1.18. The van der Waals surface area contributed by atoms with Crippen LogP contribution in [-0.4, -0.2) is 4.57 Å². The number of aromatic nitrogens is 1. The van der Waals surface area contributed by atoms with E-state index in [0.717, 1.165) is 5.69 Å². The van der Waals surface area contributed by atoms with Crippen LogP contribution in [0.3, 0.4) is 0 Å². The molecule has 0 aliphatic heterocycles. The van der Waals surface area contributed by atoms with Crippen LogP contribution in [0.1, 0.15) is 0 Å². The van der Waals surface area contributed by atoms with Crippen LogP contribution in [0, 0.1) is 0 Å². The van der Waals surface area contributed by atoms with Gasteiger partial charge < -0.3 is 4.57 Å². The summed E-state index contributed by atoms with van der Waals surface area (Å²) in [7, 11) is 0. The molecule has 1 heterocycles. The highest BCUT2D eigenvalue weighted by Crippen LogP contribution is 2.38. The average Bonchev–Trinajstić information content (AvgIpc) is 3.52. The van der Waals surface area contributed by atoms with Gasteiger partial charge >= 0.3 is 0 Å². The molecule has 0 saturated carbocycles. The summed E-state index contributed by atoms with van der Waals surface area (Å²) in [6.45, 7) is 0. The fourth-order valence-corrected chi connectivity index (χ4v) is 7.07. The van der Waals surface area contributed by atoms with E-state index < -0.39 is 0 Å². The summed E-state index contributed by atoms with van der Waals surface area (Å²) in [4.78, 5) is 0. The van der Waals surface area contributed by atoms with Crippen molar-refractivity contribution < 1.29 is 0 Å². The van der Waals surface area contributed by atoms with E-state index in [1.165, 1.54) is 77.4 Å². The number of fused-ring (bicyclic) bond motifs is 3. The standard InChI is InChI=1S/C48H33N/c1-4-10-34(11-5-1)37-16-20-40(21-17-37)42-26-30-47-45(32-42)46-33-43(41-22-18-38(19-23-41)35-12-6-2-7-13-35)27-31-48(46)49(47)44-28-24-39(25-29-44)36-14-8-3-9-15-36/h1-33H. The predicted molar refractivity (Wildman–Crippen MR) is 208 cm³/mol. The van der Waals surface area contributed by atoms with Crippen LogP contribution in [-0.2, 0) is 0 Å². The first kappa shape index (κ1) is 28.8. The average molecular weight is 624 g/mol. The molecule has 1 aromatic heterocycles. The predicted octanol–water partition coefficient (Wildman–Crippen LogP) is 13.1. The van der Waals surface area contributed by atoms with Gasteiger partial charge in [0, 0.05) is 16.5 Å². The molecule has 0 bridgehead atoms. The quantitative estimate of drug-likeness (QED) is 0.174. The van der Waals surface area contributed by atoms with Crippen LogP contribution in [0.25, 0.3) is 83.1 Å². The molecule has 9 rings (SSSR count). The van der Waals surface area contributed by atoms with Gasteiger partial charge in [-0.15, -0.1) is 0 Å². The Morgan fingerprint density at radius 1 is 0.224 bits per heavy atom. The number of hydrogen-bond donors (Lipinski definition) is 0. The molecule has 49 heavy (non-hydrogen) atoms. The Morgan fingerprint density at radius 2 is 0.490 bits per heavy atom. The number of hydrogen-bond acceptors (Lipinski definition) is 0. The van der Waals surface area contributed by atoms with Gasteiger partial charge in [0.25, 0.3) is 0 Å². The van der Waals surface area contributed by atoms with Gasteiger partial charge in [-0.25, -0.2) is 0 Å². The molecule has 0 aliphatic rings. The summed E-state index contributed by atoms with van der Waals surface area (Å²) in [5.74, 6) is 0. The molecule has 9 aromatic rings. The van der Waals surface area contributed by atoms with Crippen LogP contribution < -0.4 is 0 Å². The molecule has 0 spiro atoms. The monoisotopic (exact) mass is 623 g/mol. The van der Waals surface area contributed by atoms with Crippen molar-refractivity contribution >= 4 is 21.8 Å². The van der Waals surface area contributed by atoms with Crippen LogP contribution >= 0.6 is 0 Å². The first-order valence-electron chi connectivity index (χ1n) is 16.8. The Labute approximate surface area is 287 Å². The fourth-order valence-electron chi connectivity index (χ4n) is 7.07. The molecule has 1 heteroatoms. The summed E-state index contributed by atoms with van der Waals surface area (Å²) in [6.07, 6.45) is 0. The summed E-state index contributed by atoms with van der Waals surface area (Å²) in [5, 5.41) is 2.49. The maximum absolute atomic E-state index is 2.41. The highest BCUT2D eigenvalue weighted by Gasteiger charge is 2.15. The summed E-state index contributed by atoms with van der Waals surface area (Å²) in [6, 6.07) is 72.4. The van der Waals surface area contributed by atoms with Gasteiger partial charge in [-0.2, -0.15) is 0 Å². The number of nitrogens with zero attached hydrogens (tertiary/aromatic N) is 1. The number of benzene rings is 8. The van der Waals surface area contributed by atoms with E-state index in [1.54, 1.807) is 0 Å². The highest BCUT2D eigenvalue weighted by molar-refractivity contribution is 6.11. The largest absolute Gasteiger partial charge is 0.309 e. The van der Waals surface area contributed by atoms with Gasteiger partial charge in [0.1, 0.15) is 0 Å². The lowest BCUT2D eigenvalue weighted by atomic mass is 9.97. The minimum atomic E-state index is 1.15. The molecule has 0 unspecified atom stereocenters. The second kappa shape index (κ2) is 12.3. The second-order valence-corrected chi connectivity index (χ2v) is 12.6. The van der Waals surface area contributed by atoms with Gasteiger partial charge in [-0.1, -0.05) is 164 Å². The number of rotatable bonds is 6. The zero-order valence-corrected chi connectivity index (χ0v) is 27.0. The third-order valence-corrected chi connectivity index (χ3v) is 9.65. The van der Waals surface area contributed by atoms with Gasteiger partial charge in [0.2, 0.25) is 0 Å². The van der Waals surface area contributed by atoms with Crippen molar-refractivity contribution in [1.82, 2.24) is 4.57 Å². The van der Waals surface area contributed by atoms with Gasteiger partial charge in [0.05, 0.1) is 11.0 Å². The molecule has 1 nitrogen and oxygen atoms in total. The molecule has 0 N–H and O–H groups in total. The molecule has 0 aliphatic carbocycles. The van der Waals surface area contributed by atoms with Gasteiger partial charge in [0.15, 0.2) is 0 Å². The lowest BCUT2D eigenvalue weighted by Gasteiger charge is -2.10. The van der Waals surface area contributed by atoms with E-state index in [0.29, 0.717) is 0 Å². The highest BCUT2D eigenvalue weighted by atomic mass is 15.0. The van der Waals surface area contributed by atoms with Crippen LogP contribution in [0.4, 0.5) is 0 Å². The third-order valence-electron chi connectivity index (χ3n) is 9.65. The zero-order chi connectivity index (χ0) is 32.6. The maximum atomic E-state index is 2.41. The van der Waals surface area contributed by atoms with E-state index in [2.05, 4.69) is 205 Å². The molecule has 8 aromatic carbocycles. The molecule has 0 radical (unpaired) electrons. The topological polar surface area (TPSA) is 4.93 Å². The Hall–Kier alpha value is -6.44. The summed E-state index contributed by atoms with van der Waals surface area (Å²) in [5.41, 5.74) is 15.7. The van der Waals surface area contributed by atoms with Crippen LogP contribution in [0.2, 0.25) is 0 Å². The Balaban J connectivity index is 1.17. The molecule has 0 saturated heterocycles. The van der Waals surface area contributed by atoms with E-state index in [-0.39, 0.29) is 0 Å². The van der Waals surface area contributed by atoms with E-state index >= 15 is 0 Å². The molecular formula is C48H33N. The normalized spacial score (nSPS) is 11.3. The molecule has 0 fully saturated rings. The molecule has 230 valence electrons. The Bertz CT molecular complexity index is 2390. The van der Waals surface area contributed by atoms with Crippen molar-refractivity contribution in [3.63, 3.8) is 0 Å². The van der Waals surface area contributed by atoms with Crippen molar-refractivity contribution in [1.29, 1.82) is 0 Å². The summed E-state index contributed by atoms with van der Waals surface area (Å²) >= 11 is 0. The summed E-state index contributed by atoms with van der Waals surface area (Å²) < 4.78 is 2.41. The first-order valence-corrected chi connectivity index (χ1v) is 16.8. The smallest absolute Gasteiger partial charge is 0.0541 e. The fraction of sp³-hybridized carbons (Fsp3) is 0. The van der Waals surface area contributed by atoms with Crippen molar-refractivity contribution in [3.05, 3.63) is 200 Å². The Morgan fingerprint density at radius 3 is 0.837 bits per heavy atom. The van der Waals surface area contributed by atoms with Crippen molar-refractivity contribution in [2.45, 2.75) is 0 Å². The van der Waals surface area contributed by atoms with Gasteiger partial charge in [-0.3, -0.25) is 0 Å². The zero-order valence-electron chi connectivity index (χ0n) is 27.0. The van der Waals surface area contributed by atoms with Crippen LogP contribution in [0.15, 0.2) is 200 Å². The lowest BCUT2D eigenvalue weighted by Crippen LogP contribution is -1.94. The third kappa shape index (κ3) is 5.42. The van der Waals surface area contributed by atoms with Crippen molar-refractivity contribution in [2.24, 2.45) is 0 Å². The second-order valence-electron chi connectivity index (χ2n) is 12.6. The molecule has 0 atom stereocenters. The minimum absolute atomic E-state index is 1.15. The van der Waals surface area contributed by atoms with Crippen LogP contribution in [0.5, 0.6) is 0 Å². The van der Waals surface area contributed by atoms with Crippen molar-refractivity contribution in [3.8, 4) is 61.3 Å².